The van der Waals surface area contributed by atoms with E-state index < -0.39 is 16.1 Å². The van der Waals surface area contributed by atoms with Crippen molar-refractivity contribution in [3.05, 3.63) is 64.1 Å². The zero-order valence-electron chi connectivity index (χ0n) is 20.3. The van der Waals surface area contributed by atoms with Crippen molar-refractivity contribution < 1.29 is 18.0 Å². The summed E-state index contributed by atoms with van der Waals surface area (Å²) in [5.41, 5.74) is 1.16. The van der Waals surface area contributed by atoms with Crippen LogP contribution in [0.5, 0.6) is 0 Å². The fourth-order valence-corrected chi connectivity index (χ4v) is 4.96. The molecule has 0 unspecified atom stereocenters. The first-order chi connectivity index (χ1) is 16.5. The van der Waals surface area contributed by atoms with E-state index in [4.69, 9.17) is 23.2 Å². The summed E-state index contributed by atoms with van der Waals surface area (Å²) in [6.07, 6.45) is 3.19. The van der Waals surface area contributed by atoms with Gasteiger partial charge in [0.25, 0.3) is 0 Å². The van der Waals surface area contributed by atoms with E-state index in [9.17, 15) is 18.0 Å². The largest absolute Gasteiger partial charge is 0.354 e. The molecule has 0 aliphatic rings. The molecule has 10 heteroatoms. The van der Waals surface area contributed by atoms with Crippen LogP contribution in [0.4, 0.5) is 5.69 Å². The molecule has 2 rings (SSSR count). The molecule has 0 saturated heterocycles. The van der Waals surface area contributed by atoms with Gasteiger partial charge in [0.2, 0.25) is 21.8 Å². The van der Waals surface area contributed by atoms with Crippen LogP contribution in [0.25, 0.3) is 0 Å². The number of amides is 2. The van der Waals surface area contributed by atoms with Crippen LogP contribution in [0.3, 0.4) is 0 Å². The highest BCUT2D eigenvalue weighted by atomic mass is 35.5. The quantitative estimate of drug-likeness (QED) is 0.366. The Morgan fingerprint density at radius 3 is 2.37 bits per heavy atom. The number of carbonyl (C=O) groups excluding carboxylic acids is 2. The fourth-order valence-electron chi connectivity index (χ4n) is 3.56. The topological polar surface area (TPSA) is 86.8 Å². The van der Waals surface area contributed by atoms with Crippen molar-refractivity contribution in [1.29, 1.82) is 0 Å². The van der Waals surface area contributed by atoms with Crippen LogP contribution in [0, 0.1) is 0 Å². The molecule has 0 saturated carbocycles. The number of carbonyl (C=O) groups is 2. The Labute approximate surface area is 218 Å². The van der Waals surface area contributed by atoms with Crippen LogP contribution in [0.2, 0.25) is 10.0 Å². The normalized spacial score (nSPS) is 12.1. The second-order valence-corrected chi connectivity index (χ2v) is 11.1. The first-order valence-electron chi connectivity index (χ1n) is 11.6. The minimum absolute atomic E-state index is 0.0425. The van der Waals surface area contributed by atoms with Crippen LogP contribution >= 0.6 is 23.2 Å². The van der Waals surface area contributed by atoms with Crippen LogP contribution in [0.15, 0.2) is 48.5 Å². The average molecular weight is 543 g/mol. The van der Waals surface area contributed by atoms with E-state index in [1.165, 1.54) is 17.0 Å². The summed E-state index contributed by atoms with van der Waals surface area (Å²) in [5.74, 6) is -0.455. The van der Waals surface area contributed by atoms with Crippen molar-refractivity contribution in [2.75, 3.05) is 23.7 Å². The van der Waals surface area contributed by atoms with Gasteiger partial charge >= 0.3 is 0 Å². The number of hydrogen-bond acceptors (Lipinski definition) is 4. The predicted octanol–water partition coefficient (Wildman–Crippen LogP) is 4.87. The highest BCUT2D eigenvalue weighted by Gasteiger charge is 2.27. The molecule has 1 atom stereocenters. The van der Waals surface area contributed by atoms with Gasteiger partial charge < -0.3 is 10.2 Å². The van der Waals surface area contributed by atoms with Crippen molar-refractivity contribution in [2.45, 2.75) is 52.1 Å². The van der Waals surface area contributed by atoms with E-state index in [0.717, 1.165) is 29.0 Å². The lowest BCUT2D eigenvalue weighted by atomic mass is 10.1. The summed E-state index contributed by atoms with van der Waals surface area (Å²) in [5, 5.41) is 3.48. The maximum Gasteiger partial charge on any atom is 0.242 e. The maximum atomic E-state index is 13.2. The number of benzene rings is 2. The van der Waals surface area contributed by atoms with Crippen LogP contribution < -0.4 is 9.62 Å². The molecule has 192 valence electrons. The first-order valence-corrected chi connectivity index (χ1v) is 14.2. The van der Waals surface area contributed by atoms with Gasteiger partial charge in [-0.1, -0.05) is 66.9 Å². The highest BCUT2D eigenvalue weighted by molar-refractivity contribution is 7.92. The maximum absolute atomic E-state index is 13.2. The van der Waals surface area contributed by atoms with E-state index in [-0.39, 0.29) is 48.5 Å². The van der Waals surface area contributed by atoms with E-state index >= 15 is 0 Å². The summed E-state index contributed by atoms with van der Waals surface area (Å²) < 4.78 is 26.0. The number of hydrogen-bond donors (Lipinski definition) is 1. The number of anilines is 1. The Hall–Kier alpha value is -2.29. The second kappa shape index (κ2) is 13.7. The van der Waals surface area contributed by atoms with Crippen molar-refractivity contribution in [3.63, 3.8) is 0 Å². The Balaban J connectivity index is 2.15. The lowest BCUT2D eigenvalue weighted by Crippen LogP contribution is -2.47. The third-order valence-corrected chi connectivity index (χ3v) is 7.26. The van der Waals surface area contributed by atoms with Gasteiger partial charge in [-0.3, -0.25) is 13.9 Å². The molecule has 2 aromatic rings. The number of unbranched alkanes of at least 4 members (excludes halogenated alkanes) is 1. The molecule has 0 aliphatic carbocycles. The Morgan fingerprint density at radius 1 is 1.06 bits per heavy atom. The minimum atomic E-state index is -3.67. The van der Waals surface area contributed by atoms with Gasteiger partial charge in [-0.2, -0.15) is 0 Å². The molecule has 0 spiro atoms. The van der Waals surface area contributed by atoms with Crippen molar-refractivity contribution in [3.8, 4) is 0 Å². The highest BCUT2D eigenvalue weighted by Crippen LogP contribution is 2.31. The van der Waals surface area contributed by atoms with Crippen molar-refractivity contribution >= 4 is 50.7 Å². The van der Waals surface area contributed by atoms with Crippen LogP contribution in [-0.4, -0.2) is 50.5 Å². The van der Waals surface area contributed by atoms with Gasteiger partial charge in [0, 0.05) is 31.1 Å². The molecule has 0 aromatic heterocycles. The van der Waals surface area contributed by atoms with Crippen LogP contribution in [-0.2, 0) is 26.2 Å². The van der Waals surface area contributed by atoms with Crippen molar-refractivity contribution in [2.24, 2.45) is 0 Å². The predicted molar refractivity (Wildman–Crippen MR) is 142 cm³/mol. The molecule has 0 radical (unpaired) electrons. The lowest BCUT2D eigenvalue weighted by molar-refractivity contribution is -0.140. The van der Waals surface area contributed by atoms with E-state index in [1.807, 2.05) is 37.3 Å². The first kappa shape index (κ1) is 28.9. The number of nitrogens with zero attached hydrogens (tertiary/aromatic N) is 2. The summed E-state index contributed by atoms with van der Waals surface area (Å²) in [6, 6.07) is 13.4. The van der Waals surface area contributed by atoms with Gasteiger partial charge in [-0.15, -0.1) is 0 Å². The van der Waals surface area contributed by atoms with Crippen molar-refractivity contribution in [1.82, 2.24) is 10.2 Å². The van der Waals surface area contributed by atoms with E-state index in [1.54, 1.807) is 13.0 Å². The SMILES string of the molecule is CCCCNC(=O)[C@@H](C)N(Cc1ccccc1)C(=O)CCCN(c1cc(Cl)ccc1Cl)S(C)(=O)=O. The van der Waals surface area contributed by atoms with Gasteiger partial charge in [0.1, 0.15) is 6.04 Å². The molecule has 7 nitrogen and oxygen atoms in total. The number of sulfonamides is 1. The third-order valence-electron chi connectivity index (χ3n) is 5.52. The second-order valence-electron chi connectivity index (χ2n) is 8.36. The average Bonchev–Trinajstić information content (AvgIpc) is 2.81. The molecule has 2 aromatic carbocycles. The zero-order chi connectivity index (χ0) is 26.0. The molecule has 0 aliphatic heterocycles. The molecular formula is C25H33Cl2N3O4S. The molecular weight excluding hydrogens is 509 g/mol. The number of halogens is 2. The summed E-state index contributed by atoms with van der Waals surface area (Å²) in [4.78, 5) is 27.5. The van der Waals surface area contributed by atoms with Gasteiger partial charge in [-0.05, 0) is 43.5 Å². The molecule has 1 N–H and O–H groups in total. The van der Waals surface area contributed by atoms with E-state index in [2.05, 4.69) is 5.32 Å². The minimum Gasteiger partial charge on any atom is -0.354 e. The van der Waals surface area contributed by atoms with Gasteiger partial charge in [0.15, 0.2) is 0 Å². The summed E-state index contributed by atoms with van der Waals surface area (Å²) in [6.45, 7) is 4.61. The molecule has 0 fully saturated rings. The lowest BCUT2D eigenvalue weighted by Gasteiger charge is -2.29. The summed E-state index contributed by atoms with van der Waals surface area (Å²) in [7, 11) is -3.67. The Morgan fingerprint density at radius 2 is 1.74 bits per heavy atom. The standard InChI is InChI=1S/C25H33Cl2N3O4S/c1-4-5-15-28-25(32)19(2)29(18-20-10-7-6-8-11-20)24(31)12-9-16-30(35(3,33)34)23-17-21(26)13-14-22(23)27/h6-8,10-11,13-14,17,19H,4-5,9,12,15-16,18H2,1-3H3,(H,28,32)/t19-/m1/s1. The van der Waals surface area contributed by atoms with Gasteiger partial charge in [-0.25, -0.2) is 8.42 Å². The monoisotopic (exact) mass is 541 g/mol. The van der Waals surface area contributed by atoms with Gasteiger partial charge in [0.05, 0.1) is 17.0 Å². The zero-order valence-corrected chi connectivity index (χ0v) is 22.7. The van der Waals surface area contributed by atoms with E-state index in [0.29, 0.717) is 11.6 Å². The summed E-state index contributed by atoms with van der Waals surface area (Å²) >= 11 is 12.3. The third kappa shape index (κ3) is 9.02. The van der Waals surface area contributed by atoms with Crippen LogP contribution in [0.1, 0.15) is 45.1 Å². The number of rotatable bonds is 13. The Kier molecular flexibility index (Phi) is 11.3. The number of nitrogens with one attached hydrogen (secondary N) is 1. The Bertz CT molecular complexity index is 1100. The smallest absolute Gasteiger partial charge is 0.242 e. The molecule has 2 amide bonds. The molecule has 0 bridgehead atoms. The molecule has 35 heavy (non-hydrogen) atoms. The fraction of sp³-hybridized carbons (Fsp3) is 0.440. The molecule has 0 heterocycles.